The van der Waals surface area contributed by atoms with Crippen LogP contribution < -0.4 is 10.5 Å². The number of hydrogen-bond acceptors (Lipinski definition) is 2. The van der Waals surface area contributed by atoms with E-state index < -0.39 is 5.82 Å². The van der Waals surface area contributed by atoms with Gasteiger partial charge in [0.1, 0.15) is 23.2 Å². The fraction of sp³-hybridized carbons (Fsp3) is 0. The van der Waals surface area contributed by atoms with Crippen molar-refractivity contribution < 1.29 is 9.13 Å². The Balaban J connectivity index is 2.40. The topological polar surface area (TPSA) is 59.1 Å². The van der Waals surface area contributed by atoms with Crippen molar-refractivity contribution in [2.45, 2.75) is 0 Å². The number of hydrogen-bond donors (Lipinski definition) is 2. The third-order valence-electron chi connectivity index (χ3n) is 2.27. The fourth-order valence-electron chi connectivity index (χ4n) is 1.51. The Bertz CT molecular complexity index is 601. The van der Waals surface area contributed by atoms with Crippen molar-refractivity contribution in [3.8, 4) is 11.5 Å². The molecule has 0 amide bonds. The molecule has 0 aliphatic rings. The van der Waals surface area contributed by atoms with Gasteiger partial charge in [-0.25, -0.2) is 4.39 Å². The van der Waals surface area contributed by atoms with Crippen LogP contribution >= 0.6 is 11.6 Å². The lowest BCUT2D eigenvalue weighted by atomic mass is 10.2. The lowest BCUT2D eigenvalue weighted by Gasteiger charge is -2.11. The number of nitrogen functional groups attached to an aromatic ring is 1. The highest BCUT2D eigenvalue weighted by Gasteiger charge is 2.12. The molecule has 0 aliphatic carbocycles. The molecule has 0 fully saturated rings. The number of rotatable bonds is 3. The van der Waals surface area contributed by atoms with Gasteiger partial charge in [-0.1, -0.05) is 23.7 Å². The van der Waals surface area contributed by atoms with E-state index >= 15 is 0 Å². The van der Waals surface area contributed by atoms with Crippen LogP contribution in [-0.4, -0.2) is 5.84 Å². The number of amidine groups is 1. The highest BCUT2D eigenvalue weighted by atomic mass is 35.5. The number of nitrogens with two attached hydrogens (primary N) is 1. The number of ether oxygens (including phenoxy) is 1. The summed E-state index contributed by atoms with van der Waals surface area (Å²) in [7, 11) is 0. The Kier molecular flexibility index (Phi) is 3.48. The summed E-state index contributed by atoms with van der Waals surface area (Å²) in [6.45, 7) is 0. The Morgan fingerprint density at radius 2 is 1.94 bits per heavy atom. The van der Waals surface area contributed by atoms with Crippen molar-refractivity contribution in [2.24, 2.45) is 5.73 Å². The maximum absolute atomic E-state index is 13.0. The van der Waals surface area contributed by atoms with Crippen LogP contribution in [0, 0.1) is 11.2 Å². The van der Waals surface area contributed by atoms with Gasteiger partial charge in [-0.15, -0.1) is 0 Å². The van der Waals surface area contributed by atoms with Crippen molar-refractivity contribution >= 4 is 17.4 Å². The smallest absolute Gasteiger partial charge is 0.139 e. The summed E-state index contributed by atoms with van der Waals surface area (Å²) in [5, 5.41) is 7.78. The molecule has 2 aromatic rings. The van der Waals surface area contributed by atoms with Crippen molar-refractivity contribution in [2.75, 3.05) is 0 Å². The Morgan fingerprint density at radius 3 is 2.61 bits per heavy atom. The first-order valence-electron chi connectivity index (χ1n) is 5.14. The average molecular weight is 265 g/mol. The van der Waals surface area contributed by atoms with Gasteiger partial charge in [-0.3, -0.25) is 5.41 Å². The number of benzene rings is 2. The Labute approximate surface area is 108 Å². The summed E-state index contributed by atoms with van der Waals surface area (Å²) in [6, 6.07) is 10.6. The molecule has 2 rings (SSSR count). The van der Waals surface area contributed by atoms with Crippen LogP contribution in [0.5, 0.6) is 11.5 Å². The van der Waals surface area contributed by atoms with Gasteiger partial charge >= 0.3 is 0 Å². The van der Waals surface area contributed by atoms with Gasteiger partial charge in [-0.05, 0) is 24.3 Å². The monoisotopic (exact) mass is 264 g/mol. The van der Waals surface area contributed by atoms with E-state index in [0.717, 1.165) is 0 Å². The van der Waals surface area contributed by atoms with E-state index in [1.165, 1.54) is 18.2 Å². The second kappa shape index (κ2) is 5.06. The SMILES string of the molecule is N=C(N)c1c(Cl)cccc1Oc1cccc(F)c1. The number of nitrogens with one attached hydrogen (secondary N) is 1. The standard InChI is InChI=1S/C13H10ClFN2O/c14-10-5-2-6-11(12(10)13(16)17)18-9-4-1-3-8(15)7-9/h1-7H,(H3,16,17). The second-order valence-electron chi connectivity index (χ2n) is 3.59. The van der Waals surface area contributed by atoms with Crippen LogP contribution in [0.3, 0.4) is 0 Å². The maximum atomic E-state index is 13.0. The van der Waals surface area contributed by atoms with Crippen LogP contribution in [0.1, 0.15) is 5.56 Å². The molecule has 0 radical (unpaired) electrons. The fourth-order valence-corrected chi connectivity index (χ4v) is 1.78. The van der Waals surface area contributed by atoms with E-state index in [1.54, 1.807) is 24.3 Å². The van der Waals surface area contributed by atoms with E-state index in [0.29, 0.717) is 22.1 Å². The Morgan fingerprint density at radius 1 is 1.22 bits per heavy atom. The summed E-state index contributed by atoms with van der Waals surface area (Å²) in [5.41, 5.74) is 5.74. The lowest BCUT2D eigenvalue weighted by molar-refractivity contribution is 0.476. The molecule has 5 heteroatoms. The van der Waals surface area contributed by atoms with E-state index in [2.05, 4.69) is 0 Å². The minimum atomic E-state index is -0.404. The third kappa shape index (κ3) is 2.60. The van der Waals surface area contributed by atoms with Gasteiger partial charge in [0, 0.05) is 6.07 Å². The van der Waals surface area contributed by atoms with Crippen molar-refractivity contribution in [3.63, 3.8) is 0 Å². The minimum absolute atomic E-state index is 0.202. The molecule has 0 bridgehead atoms. The molecule has 0 heterocycles. The summed E-state index contributed by atoms with van der Waals surface area (Å²) >= 11 is 5.95. The van der Waals surface area contributed by atoms with Crippen LogP contribution in [-0.2, 0) is 0 Å². The predicted molar refractivity (Wildman–Crippen MR) is 68.9 cm³/mol. The van der Waals surface area contributed by atoms with Crippen LogP contribution in [0.4, 0.5) is 4.39 Å². The zero-order valence-electron chi connectivity index (χ0n) is 9.28. The largest absolute Gasteiger partial charge is 0.456 e. The Hall–Kier alpha value is -2.07. The number of halogens is 2. The molecule has 18 heavy (non-hydrogen) atoms. The maximum Gasteiger partial charge on any atom is 0.139 e. The summed E-state index contributed by atoms with van der Waals surface area (Å²) in [5.74, 6) is 0.0336. The zero-order valence-corrected chi connectivity index (χ0v) is 10.0. The molecule has 0 spiro atoms. The summed E-state index contributed by atoms with van der Waals surface area (Å²) in [4.78, 5) is 0. The van der Waals surface area contributed by atoms with Gasteiger partial charge in [0.15, 0.2) is 0 Å². The average Bonchev–Trinajstić information content (AvgIpc) is 2.28. The first kappa shape index (κ1) is 12.4. The molecule has 0 unspecified atom stereocenters. The molecular formula is C13H10ClFN2O. The molecule has 0 saturated carbocycles. The molecule has 0 aliphatic heterocycles. The third-order valence-corrected chi connectivity index (χ3v) is 2.58. The molecule has 2 aromatic carbocycles. The molecule has 3 nitrogen and oxygen atoms in total. The van der Waals surface area contributed by atoms with E-state index in [-0.39, 0.29) is 5.84 Å². The molecule has 0 aromatic heterocycles. The first-order chi connectivity index (χ1) is 8.58. The van der Waals surface area contributed by atoms with E-state index in [9.17, 15) is 4.39 Å². The van der Waals surface area contributed by atoms with Crippen molar-refractivity contribution in [1.82, 2.24) is 0 Å². The highest BCUT2D eigenvalue weighted by Crippen LogP contribution is 2.30. The zero-order chi connectivity index (χ0) is 13.1. The van der Waals surface area contributed by atoms with E-state index in [4.69, 9.17) is 27.5 Å². The molecular weight excluding hydrogens is 255 g/mol. The molecule has 3 N–H and O–H groups in total. The van der Waals surface area contributed by atoms with Gasteiger partial charge in [0.05, 0.1) is 10.6 Å². The van der Waals surface area contributed by atoms with Gasteiger partial charge in [0.2, 0.25) is 0 Å². The lowest BCUT2D eigenvalue weighted by Crippen LogP contribution is -2.13. The van der Waals surface area contributed by atoms with Crippen LogP contribution in [0.25, 0.3) is 0 Å². The van der Waals surface area contributed by atoms with Crippen LogP contribution in [0.15, 0.2) is 42.5 Å². The second-order valence-corrected chi connectivity index (χ2v) is 3.99. The van der Waals surface area contributed by atoms with Crippen molar-refractivity contribution in [3.05, 3.63) is 58.9 Å². The first-order valence-corrected chi connectivity index (χ1v) is 5.52. The quantitative estimate of drug-likeness (QED) is 0.658. The van der Waals surface area contributed by atoms with E-state index in [1.807, 2.05) is 0 Å². The summed E-state index contributed by atoms with van der Waals surface area (Å²) < 4.78 is 18.5. The molecule has 92 valence electrons. The highest BCUT2D eigenvalue weighted by molar-refractivity contribution is 6.34. The van der Waals surface area contributed by atoms with Gasteiger partial charge < -0.3 is 10.5 Å². The predicted octanol–water partition coefficient (Wildman–Crippen LogP) is 3.56. The molecule has 0 saturated heterocycles. The molecule has 0 atom stereocenters. The normalized spacial score (nSPS) is 10.1. The van der Waals surface area contributed by atoms with Gasteiger partial charge in [-0.2, -0.15) is 0 Å². The van der Waals surface area contributed by atoms with Crippen molar-refractivity contribution in [1.29, 1.82) is 5.41 Å². The minimum Gasteiger partial charge on any atom is -0.456 e. The summed E-state index contributed by atoms with van der Waals surface area (Å²) in [6.07, 6.45) is 0. The van der Waals surface area contributed by atoms with Gasteiger partial charge in [0.25, 0.3) is 0 Å². The van der Waals surface area contributed by atoms with Crippen LogP contribution in [0.2, 0.25) is 5.02 Å².